The first-order valence-corrected chi connectivity index (χ1v) is 5.43. The van der Waals surface area contributed by atoms with Crippen LogP contribution in [-0.2, 0) is 4.74 Å². The molecule has 0 saturated heterocycles. The molecule has 0 amide bonds. The number of pyridine rings is 1. The number of anilines is 1. The van der Waals surface area contributed by atoms with Crippen molar-refractivity contribution in [1.29, 1.82) is 0 Å². The van der Waals surface area contributed by atoms with Gasteiger partial charge in [0, 0.05) is 13.2 Å². The number of hydrogen-bond donors (Lipinski definition) is 1. The Labute approximate surface area is 100 Å². The zero-order valence-corrected chi connectivity index (χ0v) is 10.3. The third-order valence-corrected chi connectivity index (χ3v) is 2.20. The summed E-state index contributed by atoms with van der Waals surface area (Å²) in [7, 11) is 0. The molecule has 6 nitrogen and oxygen atoms in total. The van der Waals surface area contributed by atoms with Gasteiger partial charge in [-0.1, -0.05) is 0 Å². The van der Waals surface area contributed by atoms with Gasteiger partial charge < -0.3 is 20.2 Å². The van der Waals surface area contributed by atoms with Crippen LogP contribution in [0.15, 0.2) is 18.3 Å². The van der Waals surface area contributed by atoms with E-state index in [1.807, 2.05) is 20.8 Å². The van der Waals surface area contributed by atoms with Gasteiger partial charge in [0.05, 0.1) is 5.60 Å². The van der Waals surface area contributed by atoms with Gasteiger partial charge in [0.1, 0.15) is 11.9 Å². The number of nitrogens with zero attached hydrogens (tertiary/aromatic N) is 2. The second kappa shape index (κ2) is 5.58. The van der Waals surface area contributed by atoms with Crippen LogP contribution in [0.3, 0.4) is 0 Å². The topological polar surface area (TPSA) is 77.3 Å². The van der Waals surface area contributed by atoms with Gasteiger partial charge in [0.2, 0.25) is 0 Å². The first kappa shape index (κ1) is 13.4. The van der Waals surface area contributed by atoms with Gasteiger partial charge in [-0.2, -0.15) is 0 Å². The van der Waals surface area contributed by atoms with E-state index in [0.29, 0.717) is 18.8 Å². The Morgan fingerprint density at radius 1 is 1.59 bits per heavy atom. The highest BCUT2D eigenvalue weighted by molar-refractivity contribution is 5.56. The predicted octanol–water partition coefficient (Wildman–Crippen LogP) is 2.22. The minimum Gasteiger partial charge on any atom is -0.375 e. The molecular weight excluding hydrogens is 222 g/mol. The molecule has 0 aliphatic heterocycles. The molecule has 0 atom stereocenters. The van der Waals surface area contributed by atoms with Crippen molar-refractivity contribution in [2.24, 2.45) is 0 Å². The summed E-state index contributed by atoms with van der Waals surface area (Å²) in [5.41, 5.74) is 0.0311. The molecule has 1 rings (SSSR count). The molecule has 0 saturated carbocycles. The number of hydrogen-bond acceptors (Lipinski definition) is 5. The molecule has 1 aromatic heterocycles. The molecule has 0 unspecified atom stereocenters. The average molecular weight is 239 g/mol. The molecule has 1 heterocycles. The summed E-state index contributed by atoms with van der Waals surface area (Å²) in [6.07, 6.45) is 1.40. The summed E-state index contributed by atoms with van der Waals surface area (Å²) < 4.78 is 5.50. The Bertz CT molecular complexity index is 393. The molecule has 0 aliphatic carbocycles. The summed E-state index contributed by atoms with van der Waals surface area (Å²) in [6.45, 7) is 6.84. The van der Waals surface area contributed by atoms with E-state index in [1.54, 1.807) is 12.1 Å². The van der Waals surface area contributed by atoms with E-state index in [9.17, 15) is 10.1 Å². The fourth-order valence-electron chi connectivity index (χ4n) is 1.43. The Morgan fingerprint density at radius 2 is 2.29 bits per heavy atom. The number of nitrogens with one attached hydrogen (secondary N) is 1. The van der Waals surface area contributed by atoms with Gasteiger partial charge in [0.25, 0.3) is 0 Å². The van der Waals surface area contributed by atoms with Gasteiger partial charge in [-0.05, 0) is 42.8 Å². The van der Waals surface area contributed by atoms with Gasteiger partial charge in [0.15, 0.2) is 0 Å². The van der Waals surface area contributed by atoms with Crippen LogP contribution in [0, 0.1) is 10.1 Å². The lowest BCUT2D eigenvalue weighted by Crippen LogP contribution is -2.33. The number of aromatic nitrogens is 1. The van der Waals surface area contributed by atoms with Crippen molar-refractivity contribution in [3.05, 3.63) is 28.4 Å². The van der Waals surface area contributed by atoms with E-state index < -0.39 is 4.92 Å². The van der Waals surface area contributed by atoms with Gasteiger partial charge in [-0.15, -0.1) is 0 Å². The Morgan fingerprint density at radius 3 is 2.88 bits per heavy atom. The van der Waals surface area contributed by atoms with Crippen LogP contribution in [0.4, 0.5) is 11.5 Å². The SMILES string of the molecule is CCOC(C)(C)CNc1cccnc1[N+](=O)[O-]. The zero-order chi connectivity index (χ0) is 12.9. The molecule has 17 heavy (non-hydrogen) atoms. The molecule has 0 spiro atoms. The van der Waals surface area contributed by atoms with E-state index >= 15 is 0 Å². The van der Waals surface area contributed by atoms with Crippen LogP contribution in [0.25, 0.3) is 0 Å². The van der Waals surface area contributed by atoms with Crippen molar-refractivity contribution < 1.29 is 9.66 Å². The molecule has 0 bridgehead atoms. The highest BCUT2D eigenvalue weighted by Gasteiger charge is 2.20. The Balaban J connectivity index is 2.72. The third kappa shape index (κ3) is 3.99. The molecule has 0 aromatic carbocycles. The highest BCUT2D eigenvalue weighted by Crippen LogP contribution is 2.21. The molecule has 0 radical (unpaired) electrons. The maximum Gasteiger partial charge on any atom is 0.386 e. The van der Waals surface area contributed by atoms with Crippen molar-refractivity contribution in [3.8, 4) is 0 Å². The Kier molecular flexibility index (Phi) is 4.39. The molecule has 0 fully saturated rings. The minimum absolute atomic E-state index is 0.167. The maximum atomic E-state index is 10.7. The lowest BCUT2D eigenvalue weighted by molar-refractivity contribution is -0.388. The van der Waals surface area contributed by atoms with Crippen molar-refractivity contribution in [1.82, 2.24) is 4.98 Å². The number of rotatable bonds is 6. The van der Waals surface area contributed by atoms with Crippen LogP contribution >= 0.6 is 0 Å². The second-order valence-corrected chi connectivity index (χ2v) is 4.18. The maximum absolute atomic E-state index is 10.7. The molecule has 6 heteroatoms. The smallest absolute Gasteiger partial charge is 0.375 e. The Hall–Kier alpha value is -1.69. The summed E-state index contributed by atoms with van der Waals surface area (Å²) in [5, 5.41) is 13.7. The van der Waals surface area contributed by atoms with E-state index in [0.717, 1.165) is 0 Å². The minimum atomic E-state index is -0.504. The van der Waals surface area contributed by atoms with E-state index in [-0.39, 0.29) is 11.4 Å². The summed E-state index contributed by atoms with van der Waals surface area (Å²) in [4.78, 5) is 14.0. The number of ether oxygens (including phenoxy) is 1. The fourth-order valence-corrected chi connectivity index (χ4v) is 1.43. The van der Waals surface area contributed by atoms with Gasteiger partial charge in [-0.3, -0.25) is 0 Å². The van der Waals surface area contributed by atoms with E-state index in [1.165, 1.54) is 6.20 Å². The summed E-state index contributed by atoms with van der Waals surface area (Å²) >= 11 is 0. The fraction of sp³-hybridized carbons (Fsp3) is 0.545. The van der Waals surface area contributed by atoms with Crippen LogP contribution in [0.1, 0.15) is 20.8 Å². The van der Waals surface area contributed by atoms with Gasteiger partial charge in [-0.25, -0.2) is 0 Å². The van der Waals surface area contributed by atoms with Crippen molar-refractivity contribution >= 4 is 11.5 Å². The number of nitro groups is 1. The normalized spacial score (nSPS) is 11.2. The molecular formula is C11H17N3O3. The monoisotopic (exact) mass is 239 g/mol. The molecule has 1 N–H and O–H groups in total. The van der Waals surface area contributed by atoms with E-state index in [2.05, 4.69) is 10.3 Å². The van der Waals surface area contributed by atoms with Crippen LogP contribution in [0.5, 0.6) is 0 Å². The quantitative estimate of drug-likeness (QED) is 0.608. The van der Waals surface area contributed by atoms with Gasteiger partial charge >= 0.3 is 5.82 Å². The summed E-state index contributed by atoms with van der Waals surface area (Å²) in [5.74, 6) is -0.167. The lowest BCUT2D eigenvalue weighted by atomic mass is 10.1. The molecule has 1 aromatic rings. The standard InChI is InChI=1S/C11H17N3O3/c1-4-17-11(2,3)8-13-9-6-5-7-12-10(9)14(15)16/h5-7,13H,4,8H2,1-3H3. The first-order valence-electron chi connectivity index (χ1n) is 5.43. The first-order chi connectivity index (χ1) is 7.96. The van der Waals surface area contributed by atoms with Crippen molar-refractivity contribution in [2.75, 3.05) is 18.5 Å². The average Bonchev–Trinajstić information content (AvgIpc) is 2.27. The third-order valence-electron chi connectivity index (χ3n) is 2.20. The predicted molar refractivity (Wildman–Crippen MR) is 65.1 cm³/mol. The second-order valence-electron chi connectivity index (χ2n) is 4.18. The van der Waals surface area contributed by atoms with E-state index in [4.69, 9.17) is 4.74 Å². The van der Waals surface area contributed by atoms with Crippen LogP contribution in [0.2, 0.25) is 0 Å². The van der Waals surface area contributed by atoms with Crippen LogP contribution in [-0.4, -0.2) is 28.7 Å². The highest BCUT2D eigenvalue weighted by atomic mass is 16.6. The molecule has 0 aliphatic rings. The van der Waals surface area contributed by atoms with Crippen LogP contribution < -0.4 is 5.32 Å². The zero-order valence-electron chi connectivity index (χ0n) is 10.3. The largest absolute Gasteiger partial charge is 0.386 e. The molecule has 94 valence electrons. The lowest BCUT2D eigenvalue weighted by Gasteiger charge is -2.25. The summed E-state index contributed by atoms with van der Waals surface area (Å²) in [6, 6.07) is 3.29. The van der Waals surface area contributed by atoms with Crippen molar-refractivity contribution in [3.63, 3.8) is 0 Å². The van der Waals surface area contributed by atoms with Crippen molar-refractivity contribution in [2.45, 2.75) is 26.4 Å².